The van der Waals surface area contributed by atoms with Gasteiger partial charge in [-0.2, -0.15) is 0 Å². The lowest BCUT2D eigenvalue weighted by atomic mass is 9.76. The first-order chi connectivity index (χ1) is 17.5. The summed E-state index contributed by atoms with van der Waals surface area (Å²) >= 11 is 0. The standard InChI is InChI=1S/C31H39F3O2/c1-3-19-36-26-16-13-24(29(32)20-26)10-7-21-5-8-22(9-6-21)27-17-18-28(31(34)30(27)33)23-11-14-25(15-12-23)35-4-2/h3,13,16-18,20-23,25H,1,4-12,14-15,19H2,2H3. The maximum atomic E-state index is 15.2. The predicted octanol–water partition coefficient (Wildman–Crippen LogP) is 8.64. The number of rotatable bonds is 10. The van der Waals surface area contributed by atoms with E-state index in [4.69, 9.17) is 9.47 Å². The van der Waals surface area contributed by atoms with Crippen molar-refractivity contribution >= 4 is 0 Å². The molecule has 0 spiro atoms. The highest BCUT2D eigenvalue weighted by molar-refractivity contribution is 5.32. The van der Waals surface area contributed by atoms with Gasteiger partial charge in [-0.3, -0.25) is 0 Å². The molecule has 0 saturated heterocycles. The molecular weight excluding hydrogens is 461 g/mol. The summed E-state index contributed by atoms with van der Waals surface area (Å²) in [5.74, 6) is -0.427. The van der Waals surface area contributed by atoms with Crippen molar-refractivity contribution in [2.24, 2.45) is 5.92 Å². The summed E-state index contributed by atoms with van der Waals surface area (Å²) in [6.45, 7) is 6.64. The molecule has 196 valence electrons. The van der Waals surface area contributed by atoms with Crippen LogP contribution >= 0.6 is 0 Å². The van der Waals surface area contributed by atoms with Crippen molar-refractivity contribution in [3.8, 4) is 5.75 Å². The second-order valence-electron chi connectivity index (χ2n) is 10.4. The van der Waals surface area contributed by atoms with Crippen LogP contribution in [0.3, 0.4) is 0 Å². The number of benzene rings is 2. The van der Waals surface area contributed by atoms with Crippen LogP contribution in [-0.2, 0) is 11.2 Å². The first-order valence-corrected chi connectivity index (χ1v) is 13.6. The zero-order chi connectivity index (χ0) is 25.5. The molecule has 0 radical (unpaired) electrons. The third-order valence-electron chi connectivity index (χ3n) is 8.16. The highest BCUT2D eigenvalue weighted by Crippen LogP contribution is 2.41. The van der Waals surface area contributed by atoms with Gasteiger partial charge in [0, 0.05) is 12.7 Å². The molecule has 2 aliphatic carbocycles. The fourth-order valence-corrected chi connectivity index (χ4v) is 6.08. The van der Waals surface area contributed by atoms with Gasteiger partial charge in [0.1, 0.15) is 18.2 Å². The van der Waals surface area contributed by atoms with Crippen molar-refractivity contribution < 1.29 is 22.6 Å². The molecule has 0 aromatic heterocycles. The Morgan fingerprint density at radius 2 is 1.47 bits per heavy atom. The van der Waals surface area contributed by atoms with E-state index >= 15 is 8.78 Å². The second-order valence-corrected chi connectivity index (χ2v) is 10.4. The van der Waals surface area contributed by atoms with Gasteiger partial charge in [0.2, 0.25) is 0 Å². The van der Waals surface area contributed by atoms with E-state index in [0.717, 1.165) is 57.8 Å². The molecule has 4 rings (SSSR count). The molecule has 0 N–H and O–H groups in total. The van der Waals surface area contributed by atoms with Crippen LogP contribution in [0.4, 0.5) is 13.2 Å². The largest absolute Gasteiger partial charge is 0.489 e. The van der Waals surface area contributed by atoms with Crippen molar-refractivity contribution in [3.05, 3.63) is 77.1 Å². The summed E-state index contributed by atoms with van der Waals surface area (Å²) in [5.41, 5.74) is 1.75. The average Bonchev–Trinajstić information content (AvgIpc) is 2.90. The maximum Gasteiger partial charge on any atom is 0.162 e. The summed E-state index contributed by atoms with van der Waals surface area (Å²) in [4.78, 5) is 0. The zero-order valence-electron chi connectivity index (χ0n) is 21.4. The van der Waals surface area contributed by atoms with Crippen LogP contribution in [-0.4, -0.2) is 19.3 Å². The Kier molecular flexibility index (Phi) is 9.53. The average molecular weight is 501 g/mol. The van der Waals surface area contributed by atoms with Crippen molar-refractivity contribution in [1.29, 1.82) is 0 Å². The van der Waals surface area contributed by atoms with E-state index in [1.54, 1.807) is 18.2 Å². The van der Waals surface area contributed by atoms with E-state index in [-0.39, 0.29) is 23.8 Å². The summed E-state index contributed by atoms with van der Waals surface area (Å²) in [6.07, 6.45) is 10.6. The fourth-order valence-electron chi connectivity index (χ4n) is 6.08. The molecule has 2 aliphatic rings. The summed E-state index contributed by atoms with van der Waals surface area (Å²) in [5, 5.41) is 0. The first-order valence-electron chi connectivity index (χ1n) is 13.6. The van der Waals surface area contributed by atoms with E-state index in [0.29, 0.717) is 48.0 Å². The Balaban J connectivity index is 1.29. The van der Waals surface area contributed by atoms with Crippen molar-refractivity contribution in [3.63, 3.8) is 0 Å². The fraction of sp³-hybridized carbons (Fsp3) is 0.548. The molecule has 2 nitrogen and oxygen atoms in total. The second kappa shape index (κ2) is 12.8. The molecule has 0 amide bonds. The van der Waals surface area contributed by atoms with Crippen LogP contribution in [0, 0.1) is 23.4 Å². The van der Waals surface area contributed by atoms with Gasteiger partial charge in [0.25, 0.3) is 0 Å². The Morgan fingerprint density at radius 3 is 2.03 bits per heavy atom. The minimum Gasteiger partial charge on any atom is -0.489 e. The van der Waals surface area contributed by atoms with Crippen LogP contribution in [0.2, 0.25) is 0 Å². The maximum absolute atomic E-state index is 15.2. The highest BCUT2D eigenvalue weighted by Gasteiger charge is 2.30. The summed E-state index contributed by atoms with van der Waals surface area (Å²) in [6, 6.07) is 8.68. The van der Waals surface area contributed by atoms with Crippen molar-refractivity contribution in [2.75, 3.05) is 13.2 Å². The Labute approximate surface area is 213 Å². The minimum atomic E-state index is -0.649. The van der Waals surface area contributed by atoms with Crippen LogP contribution in [0.5, 0.6) is 5.75 Å². The lowest BCUT2D eigenvalue weighted by Crippen LogP contribution is -2.22. The SMILES string of the molecule is C=CCOc1ccc(CCC2CCC(c3ccc(C4CCC(OCC)CC4)c(F)c3F)CC2)c(F)c1. The molecule has 5 heteroatoms. The van der Waals surface area contributed by atoms with E-state index in [2.05, 4.69) is 6.58 Å². The third kappa shape index (κ3) is 6.53. The highest BCUT2D eigenvalue weighted by atomic mass is 19.2. The van der Waals surface area contributed by atoms with Gasteiger partial charge < -0.3 is 9.47 Å². The quantitative estimate of drug-likeness (QED) is 0.304. The molecule has 2 saturated carbocycles. The van der Waals surface area contributed by atoms with Crippen LogP contribution < -0.4 is 4.74 Å². The Bertz CT molecular complexity index is 1010. The third-order valence-corrected chi connectivity index (χ3v) is 8.16. The van der Waals surface area contributed by atoms with Gasteiger partial charge in [0.15, 0.2) is 11.6 Å². The van der Waals surface area contributed by atoms with Gasteiger partial charge >= 0.3 is 0 Å². The van der Waals surface area contributed by atoms with Gasteiger partial charge in [0.05, 0.1) is 6.10 Å². The van der Waals surface area contributed by atoms with Crippen molar-refractivity contribution in [1.82, 2.24) is 0 Å². The molecule has 2 aromatic rings. The minimum absolute atomic E-state index is 0.0523. The molecule has 0 aliphatic heterocycles. The lowest BCUT2D eigenvalue weighted by molar-refractivity contribution is 0.0325. The number of aryl methyl sites for hydroxylation is 1. The number of halogens is 3. The monoisotopic (exact) mass is 500 g/mol. The molecule has 0 unspecified atom stereocenters. The molecule has 0 atom stereocenters. The van der Waals surface area contributed by atoms with Crippen LogP contribution in [0.1, 0.15) is 93.2 Å². The van der Waals surface area contributed by atoms with Crippen molar-refractivity contribution in [2.45, 2.75) is 89.1 Å². The lowest BCUT2D eigenvalue weighted by Gasteiger charge is -2.31. The van der Waals surface area contributed by atoms with E-state index in [1.165, 1.54) is 6.07 Å². The normalized spacial score (nSPS) is 24.4. The van der Waals surface area contributed by atoms with E-state index in [9.17, 15) is 4.39 Å². The molecule has 36 heavy (non-hydrogen) atoms. The number of ether oxygens (including phenoxy) is 2. The number of hydrogen-bond donors (Lipinski definition) is 0. The smallest absolute Gasteiger partial charge is 0.162 e. The summed E-state index contributed by atoms with van der Waals surface area (Å²) in [7, 11) is 0. The van der Waals surface area contributed by atoms with Gasteiger partial charge in [-0.15, -0.1) is 0 Å². The molecule has 2 aromatic carbocycles. The Morgan fingerprint density at radius 1 is 0.861 bits per heavy atom. The molecule has 2 fully saturated rings. The topological polar surface area (TPSA) is 18.5 Å². The van der Waals surface area contributed by atoms with Crippen LogP contribution in [0.15, 0.2) is 43.0 Å². The van der Waals surface area contributed by atoms with Crippen LogP contribution in [0.25, 0.3) is 0 Å². The van der Waals surface area contributed by atoms with Gasteiger partial charge in [-0.1, -0.05) is 30.9 Å². The predicted molar refractivity (Wildman–Crippen MR) is 138 cm³/mol. The molecule has 0 bridgehead atoms. The Hall–Kier alpha value is -2.27. The summed E-state index contributed by atoms with van der Waals surface area (Å²) < 4.78 is 55.8. The van der Waals surface area contributed by atoms with Gasteiger partial charge in [-0.05, 0) is 112 Å². The van der Waals surface area contributed by atoms with E-state index < -0.39 is 11.6 Å². The zero-order valence-corrected chi connectivity index (χ0v) is 21.4. The first kappa shape index (κ1) is 26.8. The van der Waals surface area contributed by atoms with E-state index in [1.807, 2.05) is 19.1 Å². The van der Waals surface area contributed by atoms with Gasteiger partial charge in [-0.25, -0.2) is 13.2 Å². The molecular formula is C31H39F3O2. The number of hydrogen-bond acceptors (Lipinski definition) is 2. The molecule has 0 heterocycles.